The number of piperidine rings is 1. The van der Waals surface area contributed by atoms with E-state index in [1.165, 1.54) is 0 Å². The van der Waals surface area contributed by atoms with Gasteiger partial charge in [0.25, 0.3) is 5.91 Å². The van der Waals surface area contributed by atoms with Crippen molar-refractivity contribution in [2.75, 3.05) is 38.6 Å². The van der Waals surface area contributed by atoms with Crippen molar-refractivity contribution in [2.24, 2.45) is 5.92 Å². The summed E-state index contributed by atoms with van der Waals surface area (Å²) in [7, 11) is 1.56. The summed E-state index contributed by atoms with van der Waals surface area (Å²) in [5.41, 5.74) is 2.35. The Balaban J connectivity index is 1.41. The summed E-state index contributed by atoms with van der Waals surface area (Å²) in [6.45, 7) is 4.51. The monoisotopic (exact) mass is 478 g/mol. The molecule has 186 valence electrons. The Morgan fingerprint density at radius 1 is 0.943 bits per heavy atom. The lowest BCUT2D eigenvalue weighted by atomic mass is 9.88. The Hall–Kier alpha value is -3.55. The molecule has 4 rings (SSSR count). The van der Waals surface area contributed by atoms with Crippen molar-refractivity contribution in [3.8, 4) is 5.75 Å². The van der Waals surface area contributed by atoms with E-state index in [1.807, 2.05) is 36.1 Å². The summed E-state index contributed by atoms with van der Waals surface area (Å²) in [6, 6.07) is 13.9. The van der Waals surface area contributed by atoms with Crippen LogP contribution in [0.3, 0.4) is 0 Å². The minimum Gasteiger partial charge on any atom is -0.497 e. The third kappa shape index (κ3) is 6.12. The normalized spacial score (nSPS) is 17.1. The first-order chi connectivity index (χ1) is 16.9. The minimum atomic E-state index is -0.617. The number of hydrogen-bond acceptors (Lipinski definition) is 4. The van der Waals surface area contributed by atoms with Crippen LogP contribution >= 0.6 is 0 Å². The first kappa shape index (κ1) is 24.6. The van der Waals surface area contributed by atoms with Crippen molar-refractivity contribution in [1.82, 2.24) is 15.1 Å². The molecular weight excluding hydrogens is 444 g/mol. The van der Waals surface area contributed by atoms with Crippen LogP contribution < -0.4 is 15.4 Å². The van der Waals surface area contributed by atoms with Gasteiger partial charge in [0.15, 0.2) is 0 Å². The Morgan fingerprint density at radius 2 is 1.63 bits per heavy atom. The zero-order valence-electron chi connectivity index (χ0n) is 20.5. The number of ether oxygens (including phenoxy) is 1. The van der Waals surface area contributed by atoms with Gasteiger partial charge >= 0.3 is 6.03 Å². The van der Waals surface area contributed by atoms with E-state index >= 15 is 0 Å². The van der Waals surface area contributed by atoms with Gasteiger partial charge < -0.3 is 25.2 Å². The van der Waals surface area contributed by atoms with Gasteiger partial charge in [-0.3, -0.25) is 9.59 Å². The Kier molecular flexibility index (Phi) is 7.90. The molecule has 0 bridgehead atoms. The fourth-order valence-corrected chi connectivity index (χ4v) is 4.78. The Bertz CT molecular complexity index is 1040. The summed E-state index contributed by atoms with van der Waals surface area (Å²) in [5.74, 6) is 0.233. The zero-order chi connectivity index (χ0) is 24.8. The smallest absolute Gasteiger partial charge is 0.321 e. The molecule has 2 saturated heterocycles. The highest BCUT2D eigenvalue weighted by molar-refractivity contribution is 5.98. The molecule has 8 heteroatoms. The second-order valence-electron chi connectivity index (χ2n) is 9.34. The van der Waals surface area contributed by atoms with E-state index in [4.69, 9.17) is 4.74 Å². The summed E-state index contributed by atoms with van der Waals surface area (Å²) in [6.07, 6.45) is 3.26. The molecule has 0 radical (unpaired) electrons. The molecule has 35 heavy (non-hydrogen) atoms. The van der Waals surface area contributed by atoms with Crippen molar-refractivity contribution in [3.05, 3.63) is 59.7 Å². The number of carbonyl (C=O) groups excluding carboxylic acids is 3. The second kappa shape index (κ2) is 11.3. The third-order valence-electron chi connectivity index (χ3n) is 6.90. The van der Waals surface area contributed by atoms with E-state index in [0.29, 0.717) is 37.2 Å². The SMILES string of the molecule is COc1cccc(C(=O)N[C@@H](C(=O)N2CCCC2)C2CCN(C(=O)Nc3ccc(C)cc3)CC2)c1. The number of amides is 4. The molecule has 2 aliphatic heterocycles. The molecule has 0 saturated carbocycles. The van der Waals surface area contributed by atoms with E-state index in [9.17, 15) is 14.4 Å². The molecule has 2 fully saturated rings. The molecule has 2 aromatic carbocycles. The number of likely N-dealkylation sites (tertiary alicyclic amines) is 2. The number of nitrogens with one attached hydrogen (secondary N) is 2. The van der Waals surface area contributed by atoms with E-state index in [0.717, 1.165) is 37.2 Å². The molecule has 0 spiro atoms. The standard InChI is InChI=1S/C27H34N4O4/c1-19-8-10-22(11-9-19)28-27(34)31-16-12-20(13-17-31)24(26(33)30-14-3-4-15-30)29-25(32)21-6-5-7-23(18-21)35-2/h5-11,18,20,24H,3-4,12-17H2,1-2H3,(H,28,34)(H,29,32)/t24-/m1/s1. The predicted octanol–water partition coefficient (Wildman–Crippen LogP) is 3.67. The van der Waals surface area contributed by atoms with Crippen LogP contribution in [0, 0.1) is 12.8 Å². The molecule has 2 heterocycles. The van der Waals surface area contributed by atoms with Gasteiger partial charge in [-0.1, -0.05) is 23.8 Å². The van der Waals surface area contributed by atoms with Gasteiger partial charge in [-0.15, -0.1) is 0 Å². The fraction of sp³-hybridized carbons (Fsp3) is 0.444. The molecule has 0 unspecified atom stereocenters. The van der Waals surface area contributed by atoms with Crippen molar-refractivity contribution >= 4 is 23.5 Å². The number of rotatable bonds is 6. The molecule has 2 aliphatic rings. The van der Waals surface area contributed by atoms with Crippen molar-refractivity contribution < 1.29 is 19.1 Å². The minimum absolute atomic E-state index is 0.0266. The van der Waals surface area contributed by atoms with Crippen LogP contribution in [0.2, 0.25) is 0 Å². The number of carbonyl (C=O) groups is 3. The maximum absolute atomic E-state index is 13.4. The van der Waals surface area contributed by atoms with Gasteiger partial charge in [0.2, 0.25) is 5.91 Å². The number of benzene rings is 2. The summed E-state index contributed by atoms with van der Waals surface area (Å²) < 4.78 is 5.24. The zero-order valence-corrected chi connectivity index (χ0v) is 20.5. The summed E-state index contributed by atoms with van der Waals surface area (Å²) >= 11 is 0. The van der Waals surface area contributed by atoms with Gasteiger partial charge in [-0.25, -0.2) is 4.79 Å². The van der Waals surface area contributed by atoms with Gasteiger partial charge in [-0.05, 0) is 68.9 Å². The van der Waals surface area contributed by atoms with Crippen LogP contribution in [0.5, 0.6) is 5.75 Å². The number of aryl methyl sites for hydroxylation is 1. The molecule has 2 aromatic rings. The quantitative estimate of drug-likeness (QED) is 0.663. The molecular formula is C27H34N4O4. The van der Waals surface area contributed by atoms with E-state index in [1.54, 1.807) is 36.3 Å². The average Bonchev–Trinajstić information content (AvgIpc) is 3.43. The lowest BCUT2D eigenvalue weighted by Gasteiger charge is -2.37. The van der Waals surface area contributed by atoms with Gasteiger partial charge in [0.1, 0.15) is 11.8 Å². The van der Waals surface area contributed by atoms with Gasteiger partial charge in [0.05, 0.1) is 7.11 Å². The Morgan fingerprint density at radius 3 is 2.29 bits per heavy atom. The number of hydrogen-bond donors (Lipinski definition) is 2. The lowest BCUT2D eigenvalue weighted by Crippen LogP contribution is -2.54. The van der Waals surface area contributed by atoms with Crippen LogP contribution in [0.15, 0.2) is 48.5 Å². The molecule has 8 nitrogen and oxygen atoms in total. The molecule has 4 amide bonds. The number of nitrogens with zero attached hydrogens (tertiary/aromatic N) is 2. The molecule has 0 aromatic heterocycles. The second-order valence-corrected chi connectivity index (χ2v) is 9.34. The fourth-order valence-electron chi connectivity index (χ4n) is 4.78. The van der Waals surface area contributed by atoms with Crippen LogP contribution in [-0.2, 0) is 4.79 Å². The van der Waals surface area contributed by atoms with Crippen LogP contribution in [0.4, 0.5) is 10.5 Å². The van der Waals surface area contributed by atoms with Gasteiger partial charge in [-0.2, -0.15) is 0 Å². The summed E-state index contributed by atoms with van der Waals surface area (Å²) in [5, 5.41) is 5.96. The van der Waals surface area contributed by atoms with E-state index < -0.39 is 6.04 Å². The largest absolute Gasteiger partial charge is 0.497 e. The number of urea groups is 1. The third-order valence-corrected chi connectivity index (χ3v) is 6.90. The maximum Gasteiger partial charge on any atom is 0.321 e. The first-order valence-corrected chi connectivity index (χ1v) is 12.3. The van der Waals surface area contributed by atoms with Crippen molar-refractivity contribution in [3.63, 3.8) is 0 Å². The maximum atomic E-state index is 13.4. The van der Waals surface area contributed by atoms with Crippen molar-refractivity contribution in [2.45, 2.75) is 38.6 Å². The highest BCUT2D eigenvalue weighted by Crippen LogP contribution is 2.25. The number of methoxy groups -OCH3 is 1. The lowest BCUT2D eigenvalue weighted by molar-refractivity contribution is -0.134. The topological polar surface area (TPSA) is 91.0 Å². The Labute approximate surface area is 206 Å². The average molecular weight is 479 g/mol. The summed E-state index contributed by atoms with van der Waals surface area (Å²) in [4.78, 5) is 42.9. The predicted molar refractivity (Wildman–Crippen MR) is 135 cm³/mol. The highest BCUT2D eigenvalue weighted by Gasteiger charge is 2.37. The van der Waals surface area contributed by atoms with Gasteiger partial charge in [0, 0.05) is 37.4 Å². The van der Waals surface area contributed by atoms with Crippen LogP contribution in [0.25, 0.3) is 0 Å². The molecule has 1 atom stereocenters. The first-order valence-electron chi connectivity index (χ1n) is 12.3. The highest BCUT2D eigenvalue weighted by atomic mass is 16.5. The molecule has 0 aliphatic carbocycles. The van der Waals surface area contributed by atoms with Crippen LogP contribution in [0.1, 0.15) is 41.6 Å². The van der Waals surface area contributed by atoms with E-state index in [-0.39, 0.29) is 23.8 Å². The van der Waals surface area contributed by atoms with Crippen molar-refractivity contribution in [1.29, 1.82) is 0 Å². The van der Waals surface area contributed by atoms with Crippen LogP contribution in [-0.4, -0.2) is 67.0 Å². The number of anilines is 1. The molecule has 2 N–H and O–H groups in total. The van der Waals surface area contributed by atoms with E-state index in [2.05, 4.69) is 10.6 Å².